The van der Waals surface area contributed by atoms with Crippen molar-refractivity contribution in [3.63, 3.8) is 0 Å². The zero-order valence-corrected chi connectivity index (χ0v) is 9.93. The molecule has 0 heterocycles. The third kappa shape index (κ3) is 4.41. The third-order valence-electron chi connectivity index (χ3n) is 2.16. The molecule has 5 heteroatoms. The van der Waals surface area contributed by atoms with Gasteiger partial charge in [0.15, 0.2) is 0 Å². The van der Waals surface area contributed by atoms with E-state index in [2.05, 4.69) is 5.32 Å². The van der Waals surface area contributed by atoms with Crippen molar-refractivity contribution in [2.45, 2.75) is 19.3 Å². The molecule has 0 unspecified atom stereocenters. The fourth-order valence-corrected chi connectivity index (χ4v) is 1.47. The van der Waals surface area contributed by atoms with Gasteiger partial charge in [0.1, 0.15) is 5.82 Å². The molecule has 0 saturated heterocycles. The maximum Gasteiger partial charge on any atom is 0.224 e. The average molecular weight is 255 g/mol. The first kappa shape index (κ1) is 13.5. The van der Waals surface area contributed by atoms with E-state index >= 15 is 0 Å². The van der Waals surface area contributed by atoms with Gasteiger partial charge in [-0.15, -0.1) is 11.6 Å². The number of nitrogens with one attached hydrogen (secondary N) is 1. The molecule has 1 amide bonds. The predicted octanol–water partition coefficient (Wildman–Crippen LogP) is 3.04. The van der Waals surface area contributed by atoms with Crippen LogP contribution in [-0.4, -0.2) is 11.8 Å². The third-order valence-corrected chi connectivity index (χ3v) is 2.43. The van der Waals surface area contributed by atoms with Crippen molar-refractivity contribution in [3.05, 3.63) is 29.6 Å². The summed E-state index contributed by atoms with van der Waals surface area (Å²) >= 11 is 5.48. The lowest BCUT2D eigenvalue weighted by atomic mass is 10.2. The summed E-state index contributed by atoms with van der Waals surface area (Å²) in [6.45, 7) is 0. The van der Waals surface area contributed by atoms with E-state index in [0.29, 0.717) is 18.7 Å². The fraction of sp³-hybridized carbons (Fsp3) is 0.333. The highest BCUT2D eigenvalue weighted by Crippen LogP contribution is 2.15. The SMILES string of the molecule is N#Cc1ccc(NC(=O)CCCCCl)c(F)c1. The van der Waals surface area contributed by atoms with Crippen LogP contribution in [0.15, 0.2) is 18.2 Å². The molecule has 1 rings (SSSR count). The molecule has 17 heavy (non-hydrogen) atoms. The summed E-state index contributed by atoms with van der Waals surface area (Å²) in [5, 5.41) is 11.0. The fourth-order valence-electron chi connectivity index (χ4n) is 1.28. The van der Waals surface area contributed by atoms with Crippen molar-refractivity contribution in [2.75, 3.05) is 11.2 Å². The Kier molecular flexibility index (Phi) is 5.44. The molecule has 1 N–H and O–H groups in total. The van der Waals surface area contributed by atoms with Gasteiger partial charge in [0.2, 0.25) is 5.91 Å². The number of amides is 1. The van der Waals surface area contributed by atoms with Gasteiger partial charge in [0.25, 0.3) is 0 Å². The van der Waals surface area contributed by atoms with Crippen molar-refractivity contribution in [1.29, 1.82) is 5.26 Å². The minimum absolute atomic E-state index is 0.0971. The summed E-state index contributed by atoms with van der Waals surface area (Å²) in [6.07, 6.45) is 1.74. The van der Waals surface area contributed by atoms with Crippen molar-refractivity contribution >= 4 is 23.2 Å². The molecule has 0 aromatic heterocycles. The van der Waals surface area contributed by atoms with E-state index in [9.17, 15) is 9.18 Å². The van der Waals surface area contributed by atoms with Crippen LogP contribution < -0.4 is 5.32 Å². The normalized spacial score (nSPS) is 9.71. The van der Waals surface area contributed by atoms with Crippen LogP contribution in [0.25, 0.3) is 0 Å². The summed E-state index contributed by atoms with van der Waals surface area (Å²) < 4.78 is 13.4. The quantitative estimate of drug-likeness (QED) is 0.649. The number of nitrogens with zero attached hydrogens (tertiary/aromatic N) is 1. The molecule has 0 aliphatic carbocycles. The van der Waals surface area contributed by atoms with Crippen molar-refractivity contribution < 1.29 is 9.18 Å². The number of benzene rings is 1. The minimum Gasteiger partial charge on any atom is -0.324 e. The van der Waals surface area contributed by atoms with E-state index in [1.54, 1.807) is 0 Å². The number of halogens is 2. The van der Waals surface area contributed by atoms with Crippen LogP contribution in [0.1, 0.15) is 24.8 Å². The molecule has 0 atom stereocenters. The smallest absolute Gasteiger partial charge is 0.224 e. The highest BCUT2D eigenvalue weighted by atomic mass is 35.5. The van der Waals surface area contributed by atoms with E-state index in [4.69, 9.17) is 16.9 Å². The van der Waals surface area contributed by atoms with Crippen LogP contribution in [0.2, 0.25) is 0 Å². The molecule has 0 saturated carbocycles. The lowest BCUT2D eigenvalue weighted by Gasteiger charge is -2.06. The zero-order valence-electron chi connectivity index (χ0n) is 9.17. The minimum atomic E-state index is -0.602. The molecular formula is C12H12ClFN2O. The predicted molar refractivity (Wildman–Crippen MR) is 64.3 cm³/mol. The number of hydrogen-bond donors (Lipinski definition) is 1. The summed E-state index contributed by atoms with van der Waals surface area (Å²) in [6, 6.07) is 5.75. The van der Waals surface area contributed by atoms with E-state index in [0.717, 1.165) is 12.5 Å². The lowest BCUT2D eigenvalue weighted by molar-refractivity contribution is -0.116. The Hall–Kier alpha value is -1.60. The number of nitriles is 1. The Morgan fingerprint density at radius 3 is 2.82 bits per heavy atom. The van der Waals surface area contributed by atoms with E-state index in [1.807, 2.05) is 6.07 Å². The average Bonchev–Trinajstić information content (AvgIpc) is 2.32. The number of carbonyl (C=O) groups excluding carboxylic acids is 1. The lowest BCUT2D eigenvalue weighted by Crippen LogP contribution is -2.12. The first-order valence-corrected chi connectivity index (χ1v) is 5.76. The Morgan fingerprint density at radius 1 is 1.47 bits per heavy atom. The number of rotatable bonds is 5. The molecule has 0 aliphatic heterocycles. The highest BCUT2D eigenvalue weighted by Gasteiger charge is 2.07. The molecule has 3 nitrogen and oxygen atoms in total. The number of hydrogen-bond acceptors (Lipinski definition) is 2. The second-order valence-corrected chi connectivity index (χ2v) is 3.88. The molecule has 1 aromatic rings. The van der Waals surface area contributed by atoms with E-state index < -0.39 is 5.82 Å². The van der Waals surface area contributed by atoms with Crippen molar-refractivity contribution in [1.82, 2.24) is 0 Å². The van der Waals surface area contributed by atoms with Crippen LogP contribution in [-0.2, 0) is 4.79 Å². The standard InChI is InChI=1S/C12H12ClFN2O/c13-6-2-1-3-12(17)16-11-5-4-9(8-15)7-10(11)14/h4-5,7H,1-3,6H2,(H,16,17). The second kappa shape index (κ2) is 6.87. The van der Waals surface area contributed by atoms with Gasteiger partial charge in [0.05, 0.1) is 17.3 Å². The topological polar surface area (TPSA) is 52.9 Å². The van der Waals surface area contributed by atoms with E-state index in [-0.39, 0.29) is 17.2 Å². The Morgan fingerprint density at radius 2 is 2.24 bits per heavy atom. The number of unbranched alkanes of at least 4 members (excludes halogenated alkanes) is 1. The van der Waals surface area contributed by atoms with Crippen LogP contribution in [0.5, 0.6) is 0 Å². The highest BCUT2D eigenvalue weighted by molar-refractivity contribution is 6.17. The van der Waals surface area contributed by atoms with Gasteiger partial charge in [-0.05, 0) is 31.0 Å². The number of alkyl halides is 1. The maximum absolute atomic E-state index is 13.4. The van der Waals surface area contributed by atoms with Gasteiger partial charge < -0.3 is 5.32 Å². The molecule has 1 aromatic carbocycles. The molecule has 90 valence electrons. The van der Waals surface area contributed by atoms with Gasteiger partial charge in [-0.25, -0.2) is 4.39 Å². The van der Waals surface area contributed by atoms with Gasteiger partial charge in [0, 0.05) is 12.3 Å². The monoisotopic (exact) mass is 254 g/mol. The van der Waals surface area contributed by atoms with Crippen molar-refractivity contribution in [3.8, 4) is 6.07 Å². The van der Waals surface area contributed by atoms with Crippen LogP contribution >= 0.6 is 11.6 Å². The van der Waals surface area contributed by atoms with Gasteiger partial charge >= 0.3 is 0 Å². The van der Waals surface area contributed by atoms with E-state index in [1.165, 1.54) is 12.1 Å². The largest absolute Gasteiger partial charge is 0.324 e. The van der Waals surface area contributed by atoms with Gasteiger partial charge in [-0.1, -0.05) is 0 Å². The molecular weight excluding hydrogens is 243 g/mol. The maximum atomic E-state index is 13.4. The summed E-state index contributed by atoms with van der Waals surface area (Å²) in [4.78, 5) is 11.4. The number of carbonyl (C=O) groups is 1. The van der Waals surface area contributed by atoms with Gasteiger partial charge in [-0.2, -0.15) is 5.26 Å². The molecule has 0 fully saturated rings. The Bertz CT molecular complexity index is 443. The van der Waals surface area contributed by atoms with Crippen LogP contribution in [0.3, 0.4) is 0 Å². The van der Waals surface area contributed by atoms with Crippen LogP contribution in [0, 0.1) is 17.1 Å². The summed E-state index contributed by atoms with van der Waals surface area (Å²) in [5.74, 6) is -0.341. The van der Waals surface area contributed by atoms with Gasteiger partial charge in [-0.3, -0.25) is 4.79 Å². The van der Waals surface area contributed by atoms with Crippen LogP contribution in [0.4, 0.5) is 10.1 Å². The summed E-state index contributed by atoms with van der Waals surface area (Å²) in [7, 11) is 0. The summed E-state index contributed by atoms with van der Waals surface area (Å²) in [5.41, 5.74) is 0.322. The number of anilines is 1. The second-order valence-electron chi connectivity index (χ2n) is 3.50. The molecule has 0 radical (unpaired) electrons. The Labute approximate surface area is 104 Å². The first-order valence-electron chi connectivity index (χ1n) is 5.23. The molecule has 0 spiro atoms. The van der Waals surface area contributed by atoms with Crippen molar-refractivity contribution in [2.24, 2.45) is 0 Å². The first-order chi connectivity index (χ1) is 8.17. The molecule has 0 aliphatic rings. The zero-order chi connectivity index (χ0) is 12.7. The Balaban J connectivity index is 2.57. The molecule has 0 bridgehead atoms.